The van der Waals surface area contributed by atoms with Gasteiger partial charge >= 0.3 is 0 Å². The Balaban J connectivity index is 1.87. The van der Waals surface area contributed by atoms with E-state index in [1.54, 1.807) is 6.20 Å². The van der Waals surface area contributed by atoms with E-state index in [2.05, 4.69) is 24.7 Å². The molecule has 0 N–H and O–H groups in total. The number of nitrogens with zero attached hydrogens (tertiary/aromatic N) is 5. The first kappa shape index (κ1) is 10.7. The van der Waals surface area contributed by atoms with E-state index in [4.69, 9.17) is 0 Å². The summed E-state index contributed by atoms with van der Waals surface area (Å²) in [6.45, 7) is 4.82. The molecule has 2 aromatic rings. The maximum absolute atomic E-state index is 4.39. The van der Waals surface area contributed by atoms with E-state index in [9.17, 15) is 0 Å². The predicted octanol–water partition coefficient (Wildman–Crippen LogP) is 1.32. The molecule has 0 aliphatic rings. The van der Waals surface area contributed by atoms with Gasteiger partial charge in [0.15, 0.2) is 5.82 Å². The van der Waals surface area contributed by atoms with Crippen LogP contribution in [0.4, 0.5) is 0 Å². The molecule has 5 heteroatoms. The van der Waals surface area contributed by atoms with Gasteiger partial charge < -0.3 is 4.57 Å². The van der Waals surface area contributed by atoms with Crippen LogP contribution in [0.1, 0.15) is 23.6 Å². The molecule has 2 aromatic heterocycles. The Bertz CT molecular complexity index is 449. The number of hydrogen-bond acceptors (Lipinski definition) is 4. The minimum absolute atomic E-state index is 0.822. The van der Waals surface area contributed by atoms with Crippen molar-refractivity contribution in [2.75, 3.05) is 0 Å². The summed E-state index contributed by atoms with van der Waals surface area (Å²) in [5.74, 6) is 0.822. The molecule has 0 radical (unpaired) electrons. The molecule has 84 valence electrons. The number of hydrogen-bond donors (Lipinski definition) is 0. The van der Waals surface area contributed by atoms with Crippen LogP contribution >= 0.6 is 0 Å². The lowest BCUT2D eigenvalue weighted by Gasteiger charge is -2.03. The fraction of sp³-hybridized carbons (Fsp3) is 0.455. The molecule has 0 aromatic carbocycles. The molecule has 0 bridgehead atoms. The van der Waals surface area contributed by atoms with E-state index in [1.807, 2.05) is 26.4 Å². The van der Waals surface area contributed by atoms with E-state index >= 15 is 0 Å². The quantitative estimate of drug-likeness (QED) is 0.775. The minimum Gasteiger partial charge on any atom is -0.337 e. The molecule has 2 heterocycles. The number of imidazole rings is 1. The lowest BCUT2D eigenvalue weighted by Crippen LogP contribution is -2.04. The topological polar surface area (TPSA) is 56.5 Å². The maximum atomic E-state index is 4.39. The third-order valence-electron chi connectivity index (χ3n) is 2.51. The Morgan fingerprint density at radius 2 is 2.06 bits per heavy atom. The van der Waals surface area contributed by atoms with Gasteiger partial charge in [-0.1, -0.05) is 0 Å². The molecule has 16 heavy (non-hydrogen) atoms. The summed E-state index contributed by atoms with van der Waals surface area (Å²) in [5, 5.41) is 8.13. The number of rotatable bonds is 4. The number of aromatic nitrogens is 5. The van der Waals surface area contributed by atoms with Crippen LogP contribution in [-0.4, -0.2) is 24.7 Å². The Kier molecular flexibility index (Phi) is 3.24. The molecular formula is C11H15N5. The highest BCUT2D eigenvalue weighted by molar-refractivity contribution is 5.05. The van der Waals surface area contributed by atoms with Crippen molar-refractivity contribution in [2.24, 2.45) is 0 Å². The Morgan fingerprint density at radius 1 is 1.19 bits per heavy atom. The Labute approximate surface area is 94.6 Å². The third-order valence-corrected chi connectivity index (χ3v) is 2.51. The average molecular weight is 217 g/mol. The van der Waals surface area contributed by atoms with Gasteiger partial charge in [-0.25, -0.2) is 9.97 Å². The zero-order valence-electron chi connectivity index (χ0n) is 9.59. The van der Waals surface area contributed by atoms with Crippen LogP contribution in [-0.2, 0) is 13.0 Å². The largest absolute Gasteiger partial charge is 0.337 e. The van der Waals surface area contributed by atoms with Crippen LogP contribution in [0.25, 0.3) is 0 Å². The van der Waals surface area contributed by atoms with Gasteiger partial charge in [0.2, 0.25) is 0 Å². The average Bonchev–Trinajstić information content (AvgIpc) is 2.76. The van der Waals surface area contributed by atoms with Gasteiger partial charge in [0.05, 0.1) is 17.7 Å². The second-order valence-electron chi connectivity index (χ2n) is 3.80. The molecule has 0 amide bonds. The van der Waals surface area contributed by atoms with Gasteiger partial charge in [0.25, 0.3) is 0 Å². The van der Waals surface area contributed by atoms with Crippen LogP contribution in [0.3, 0.4) is 0 Å². The Hall–Kier alpha value is -1.78. The molecule has 0 fully saturated rings. The minimum atomic E-state index is 0.822. The van der Waals surface area contributed by atoms with Crippen LogP contribution < -0.4 is 0 Å². The summed E-state index contributed by atoms with van der Waals surface area (Å²) in [7, 11) is 0. The van der Waals surface area contributed by atoms with Crippen LogP contribution in [0.5, 0.6) is 0 Å². The van der Waals surface area contributed by atoms with Crippen LogP contribution in [0, 0.1) is 13.8 Å². The summed E-state index contributed by atoms with van der Waals surface area (Å²) < 4.78 is 2.05. The van der Waals surface area contributed by atoms with E-state index < -0.39 is 0 Å². The first-order chi connectivity index (χ1) is 7.75. The third kappa shape index (κ3) is 2.62. The summed E-state index contributed by atoms with van der Waals surface area (Å²) in [4.78, 5) is 8.39. The fourth-order valence-corrected chi connectivity index (χ4v) is 1.45. The monoisotopic (exact) mass is 217 g/mol. The summed E-state index contributed by atoms with van der Waals surface area (Å²) in [6.07, 6.45) is 7.42. The molecule has 2 rings (SSSR count). The summed E-state index contributed by atoms with van der Waals surface area (Å²) >= 11 is 0. The highest BCUT2D eigenvalue weighted by Gasteiger charge is 2.01. The van der Waals surface area contributed by atoms with E-state index in [1.165, 1.54) is 0 Å². The molecule has 0 spiro atoms. The Morgan fingerprint density at radius 3 is 2.75 bits per heavy atom. The first-order valence-corrected chi connectivity index (χ1v) is 5.38. The van der Waals surface area contributed by atoms with Crippen molar-refractivity contribution in [1.29, 1.82) is 0 Å². The normalized spacial score (nSPS) is 10.6. The second kappa shape index (κ2) is 4.83. The molecule has 0 aliphatic carbocycles. The van der Waals surface area contributed by atoms with Gasteiger partial charge in [-0.2, -0.15) is 5.10 Å². The zero-order chi connectivity index (χ0) is 11.4. The van der Waals surface area contributed by atoms with Crippen LogP contribution in [0.15, 0.2) is 18.7 Å². The zero-order valence-corrected chi connectivity index (χ0v) is 9.59. The molecular weight excluding hydrogens is 202 g/mol. The molecule has 0 aliphatic heterocycles. The van der Waals surface area contributed by atoms with Crippen molar-refractivity contribution in [1.82, 2.24) is 24.7 Å². The standard InChI is InChI=1S/C11H15N5/c1-9-10(2)14-15-11(13-9)4-3-6-16-7-5-12-8-16/h5,7-8H,3-4,6H2,1-2H3. The van der Waals surface area contributed by atoms with Gasteiger partial charge in [0, 0.05) is 25.4 Å². The molecule has 0 atom stereocenters. The highest BCUT2D eigenvalue weighted by Crippen LogP contribution is 2.01. The van der Waals surface area contributed by atoms with Gasteiger partial charge in [-0.3, -0.25) is 0 Å². The van der Waals surface area contributed by atoms with E-state index in [0.717, 1.165) is 36.6 Å². The molecule has 0 unspecified atom stereocenters. The maximum Gasteiger partial charge on any atom is 0.151 e. The summed E-state index contributed by atoms with van der Waals surface area (Å²) in [5.41, 5.74) is 1.87. The van der Waals surface area contributed by atoms with E-state index in [0.29, 0.717) is 0 Å². The lowest BCUT2D eigenvalue weighted by atomic mass is 10.3. The van der Waals surface area contributed by atoms with Crippen LogP contribution in [0.2, 0.25) is 0 Å². The molecule has 0 saturated carbocycles. The highest BCUT2D eigenvalue weighted by atomic mass is 15.2. The van der Waals surface area contributed by atoms with Crippen molar-refractivity contribution < 1.29 is 0 Å². The predicted molar refractivity (Wildman–Crippen MR) is 59.8 cm³/mol. The molecule has 0 saturated heterocycles. The first-order valence-electron chi connectivity index (χ1n) is 5.38. The second-order valence-corrected chi connectivity index (χ2v) is 3.80. The van der Waals surface area contributed by atoms with Crippen molar-refractivity contribution in [3.05, 3.63) is 35.9 Å². The van der Waals surface area contributed by atoms with Gasteiger partial charge in [-0.05, 0) is 20.3 Å². The van der Waals surface area contributed by atoms with Crippen molar-refractivity contribution in [2.45, 2.75) is 33.2 Å². The lowest BCUT2D eigenvalue weighted by molar-refractivity contribution is 0.619. The van der Waals surface area contributed by atoms with Gasteiger partial charge in [0.1, 0.15) is 0 Å². The SMILES string of the molecule is Cc1nnc(CCCn2ccnc2)nc1C. The smallest absolute Gasteiger partial charge is 0.151 e. The van der Waals surface area contributed by atoms with Crippen molar-refractivity contribution in [3.8, 4) is 0 Å². The number of aryl methyl sites for hydroxylation is 4. The van der Waals surface area contributed by atoms with Crippen molar-refractivity contribution in [3.63, 3.8) is 0 Å². The fourth-order valence-electron chi connectivity index (χ4n) is 1.45. The van der Waals surface area contributed by atoms with Gasteiger partial charge in [-0.15, -0.1) is 5.10 Å². The van der Waals surface area contributed by atoms with Crippen molar-refractivity contribution >= 4 is 0 Å². The molecule has 5 nitrogen and oxygen atoms in total. The van der Waals surface area contributed by atoms with E-state index in [-0.39, 0.29) is 0 Å². The summed E-state index contributed by atoms with van der Waals surface area (Å²) in [6, 6.07) is 0.